The summed E-state index contributed by atoms with van der Waals surface area (Å²) in [6, 6.07) is 2.69. The fourth-order valence-electron chi connectivity index (χ4n) is 1.94. The summed E-state index contributed by atoms with van der Waals surface area (Å²) in [5.41, 5.74) is 0.866. The van der Waals surface area contributed by atoms with Crippen molar-refractivity contribution in [3.05, 3.63) is 23.5 Å². The van der Waals surface area contributed by atoms with E-state index in [1.165, 1.54) is 12.1 Å². The van der Waals surface area contributed by atoms with Gasteiger partial charge in [0.05, 0.1) is 6.61 Å². The molecule has 3 rings (SSSR count). The van der Waals surface area contributed by atoms with Crippen LogP contribution in [-0.2, 0) is 11.2 Å². The largest absolute Gasteiger partial charge is 0.505 e. The van der Waals surface area contributed by atoms with Crippen molar-refractivity contribution in [2.24, 2.45) is 0 Å². The molecule has 3 nitrogen and oxygen atoms in total. The highest BCUT2D eigenvalue weighted by atomic mass is 19.1. The number of aryl methyl sites for hydroxylation is 1. The molecule has 4 heteroatoms. The van der Waals surface area contributed by atoms with Crippen molar-refractivity contribution in [3.63, 3.8) is 0 Å². The van der Waals surface area contributed by atoms with Crippen molar-refractivity contribution in [2.45, 2.75) is 25.0 Å². The fraction of sp³-hybridized carbons (Fsp3) is 0.455. The molecule has 1 aromatic carbocycles. The molecule has 0 bridgehead atoms. The third-order valence-corrected chi connectivity index (χ3v) is 2.88. The topological polar surface area (TPSA) is 42.0 Å². The van der Waals surface area contributed by atoms with Gasteiger partial charge in [0.2, 0.25) is 0 Å². The first kappa shape index (κ1) is 8.97. The molecule has 2 aliphatic rings. The predicted molar refractivity (Wildman–Crippen MR) is 50.5 cm³/mol. The van der Waals surface area contributed by atoms with Gasteiger partial charge in [-0.1, -0.05) is 0 Å². The number of epoxide rings is 1. The molecule has 0 radical (unpaired) electrons. The molecule has 0 aromatic heterocycles. The standard InChI is InChI=1S/C11H11FO3/c12-7-4-10-6(3-8(7)13)1-2-9(15-10)11-5-14-11/h3-4,9,11,13H,1-2,5H2/t9-,11-/m0/s1. The van der Waals surface area contributed by atoms with Crippen LogP contribution in [0.25, 0.3) is 0 Å². The molecule has 1 fully saturated rings. The van der Waals surface area contributed by atoms with Gasteiger partial charge in [-0.2, -0.15) is 0 Å². The molecule has 15 heavy (non-hydrogen) atoms. The Balaban J connectivity index is 1.91. The summed E-state index contributed by atoms with van der Waals surface area (Å²) >= 11 is 0. The number of aromatic hydroxyl groups is 1. The van der Waals surface area contributed by atoms with E-state index in [-0.39, 0.29) is 18.0 Å². The Morgan fingerprint density at radius 2 is 2.13 bits per heavy atom. The smallest absolute Gasteiger partial charge is 0.168 e. The van der Waals surface area contributed by atoms with Crippen LogP contribution in [0, 0.1) is 5.82 Å². The zero-order chi connectivity index (χ0) is 10.4. The van der Waals surface area contributed by atoms with Crippen LogP contribution in [0.5, 0.6) is 11.5 Å². The summed E-state index contributed by atoms with van der Waals surface area (Å²) < 4.78 is 23.9. The molecule has 0 aliphatic carbocycles. The number of hydrogen-bond donors (Lipinski definition) is 1. The number of ether oxygens (including phenoxy) is 2. The first-order valence-electron chi connectivity index (χ1n) is 5.03. The minimum absolute atomic E-state index is 0.0430. The van der Waals surface area contributed by atoms with Crippen molar-refractivity contribution >= 4 is 0 Å². The maximum absolute atomic E-state index is 13.1. The molecular weight excluding hydrogens is 199 g/mol. The maximum atomic E-state index is 13.1. The Morgan fingerprint density at radius 1 is 1.33 bits per heavy atom. The average Bonchev–Trinajstić information content (AvgIpc) is 3.02. The summed E-state index contributed by atoms with van der Waals surface area (Å²) in [4.78, 5) is 0. The number of halogens is 1. The number of benzene rings is 1. The quantitative estimate of drug-likeness (QED) is 0.716. The molecular formula is C11H11FO3. The van der Waals surface area contributed by atoms with E-state index in [9.17, 15) is 9.50 Å². The van der Waals surface area contributed by atoms with Crippen LogP contribution in [0.4, 0.5) is 4.39 Å². The van der Waals surface area contributed by atoms with Gasteiger partial charge in [0.25, 0.3) is 0 Å². The van der Waals surface area contributed by atoms with Crippen LogP contribution in [0.1, 0.15) is 12.0 Å². The fourth-order valence-corrected chi connectivity index (χ4v) is 1.94. The van der Waals surface area contributed by atoms with Gasteiger partial charge in [0.15, 0.2) is 11.6 Å². The first-order valence-corrected chi connectivity index (χ1v) is 5.03. The van der Waals surface area contributed by atoms with E-state index in [0.29, 0.717) is 5.75 Å². The molecule has 0 unspecified atom stereocenters. The van der Waals surface area contributed by atoms with Crippen LogP contribution < -0.4 is 4.74 Å². The van der Waals surface area contributed by atoms with Crippen molar-refractivity contribution in [2.75, 3.05) is 6.61 Å². The first-order chi connectivity index (χ1) is 7.24. The van der Waals surface area contributed by atoms with Crippen molar-refractivity contribution in [1.82, 2.24) is 0 Å². The van der Waals surface area contributed by atoms with Gasteiger partial charge >= 0.3 is 0 Å². The number of fused-ring (bicyclic) bond motifs is 1. The molecule has 1 aromatic rings. The highest BCUT2D eigenvalue weighted by molar-refractivity contribution is 5.42. The second-order valence-electron chi connectivity index (χ2n) is 3.98. The van der Waals surface area contributed by atoms with Crippen LogP contribution >= 0.6 is 0 Å². The van der Waals surface area contributed by atoms with E-state index in [1.54, 1.807) is 0 Å². The molecule has 0 amide bonds. The van der Waals surface area contributed by atoms with Gasteiger partial charge in [0, 0.05) is 6.07 Å². The Bertz CT molecular complexity index is 401. The van der Waals surface area contributed by atoms with Crippen LogP contribution in [-0.4, -0.2) is 23.9 Å². The lowest BCUT2D eigenvalue weighted by atomic mass is 10.0. The van der Waals surface area contributed by atoms with E-state index >= 15 is 0 Å². The van der Waals surface area contributed by atoms with E-state index in [0.717, 1.165) is 25.0 Å². The van der Waals surface area contributed by atoms with Crippen molar-refractivity contribution in [1.29, 1.82) is 0 Å². The Labute approximate surface area is 86.4 Å². The van der Waals surface area contributed by atoms with Gasteiger partial charge in [-0.25, -0.2) is 4.39 Å². The molecule has 2 heterocycles. The zero-order valence-electron chi connectivity index (χ0n) is 8.07. The van der Waals surface area contributed by atoms with Crippen molar-refractivity contribution in [3.8, 4) is 11.5 Å². The lowest BCUT2D eigenvalue weighted by Crippen LogP contribution is -2.28. The van der Waals surface area contributed by atoms with Gasteiger partial charge in [-0.3, -0.25) is 0 Å². The number of phenolic OH excluding ortho intramolecular Hbond substituents is 1. The number of hydrogen-bond acceptors (Lipinski definition) is 3. The second kappa shape index (κ2) is 3.10. The van der Waals surface area contributed by atoms with E-state index in [1.807, 2.05) is 0 Å². The van der Waals surface area contributed by atoms with E-state index in [4.69, 9.17) is 9.47 Å². The van der Waals surface area contributed by atoms with Gasteiger partial charge in [-0.15, -0.1) is 0 Å². The third-order valence-electron chi connectivity index (χ3n) is 2.88. The minimum atomic E-state index is -0.633. The normalized spacial score (nSPS) is 28.1. The number of phenols is 1. The van der Waals surface area contributed by atoms with Gasteiger partial charge in [-0.05, 0) is 24.5 Å². The minimum Gasteiger partial charge on any atom is -0.505 e. The zero-order valence-corrected chi connectivity index (χ0v) is 8.07. The summed E-state index contributed by atoms with van der Waals surface area (Å²) in [5, 5.41) is 9.21. The van der Waals surface area contributed by atoms with E-state index < -0.39 is 5.82 Å². The SMILES string of the molecule is Oc1cc2c(cc1F)O[C@H]([C@@H]1CO1)CC2. The summed E-state index contributed by atoms with van der Waals surface area (Å²) in [6.45, 7) is 0.737. The van der Waals surface area contributed by atoms with Crippen LogP contribution in [0.2, 0.25) is 0 Å². The molecule has 2 aliphatic heterocycles. The Kier molecular flexibility index (Phi) is 1.85. The molecule has 2 atom stereocenters. The Hall–Kier alpha value is -1.29. The summed E-state index contributed by atoms with van der Waals surface area (Å²) in [6.07, 6.45) is 1.88. The molecule has 0 spiro atoms. The summed E-state index contributed by atoms with van der Waals surface area (Å²) in [5.74, 6) is -0.401. The lowest BCUT2D eigenvalue weighted by Gasteiger charge is -2.25. The Morgan fingerprint density at radius 3 is 2.87 bits per heavy atom. The van der Waals surface area contributed by atoms with Crippen molar-refractivity contribution < 1.29 is 19.0 Å². The van der Waals surface area contributed by atoms with Crippen LogP contribution in [0.3, 0.4) is 0 Å². The predicted octanol–water partition coefficient (Wildman–Crippen LogP) is 1.62. The molecule has 1 N–H and O–H groups in total. The summed E-state index contributed by atoms with van der Waals surface area (Å²) in [7, 11) is 0. The number of rotatable bonds is 1. The molecule has 80 valence electrons. The second-order valence-corrected chi connectivity index (χ2v) is 3.98. The molecule has 1 saturated heterocycles. The van der Waals surface area contributed by atoms with Gasteiger partial charge < -0.3 is 14.6 Å². The van der Waals surface area contributed by atoms with E-state index in [2.05, 4.69) is 0 Å². The highest BCUT2D eigenvalue weighted by Crippen LogP contribution is 2.35. The maximum Gasteiger partial charge on any atom is 0.168 e. The average molecular weight is 210 g/mol. The molecule has 0 saturated carbocycles. The van der Waals surface area contributed by atoms with Gasteiger partial charge in [0.1, 0.15) is 18.0 Å². The monoisotopic (exact) mass is 210 g/mol. The lowest BCUT2D eigenvalue weighted by molar-refractivity contribution is 0.135. The highest BCUT2D eigenvalue weighted by Gasteiger charge is 2.36. The van der Waals surface area contributed by atoms with Crippen LogP contribution in [0.15, 0.2) is 12.1 Å². The third kappa shape index (κ3) is 1.55.